The van der Waals surface area contributed by atoms with Crippen molar-refractivity contribution in [2.75, 3.05) is 19.7 Å². The highest BCUT2D eigenvalue weighted by Gasteiger charge is 2.22. The minimum Gasteiger partial charge on any atom is -0.466 e. The van der Waals surface area contributed by atoms with Gasteiger partial charge in [0.25, 0.3) is 5.91 Å². The third-order valence-electron chi connectivity index (χ3n) is 2.68. The molecule has 0 fully saturated rings. The number of hydrogen-bond acceptors (Lipinski definition) is 4. The lowest BCUT2D eigenvalue weighted by molar-refractivity contribution is -0.143. The van der Waals surface area contributed by atoms with Gasteiger partial charge >= 0.3 is 5.97 Å². The molecular weight excluding hydrogens is 246 g/mol. The molecule has 0 aliphatic heterocycles. The van der Waals surface area contributed by atoms with Crippen LogP contribution in [0.2, 0.25) is 0 Å². The van der Waals surface area contributed by atoms with Crippen molar-refractivity contribution in [2.24, 2.45) is 0 Å². The van der Waals surface area contributed by atoms with Crippen LogP contribution in [0.4, 0.5) is 0 Å². The Bertz CT molecular complexity index is 450. The van der Waals surface area contributed by atoms with Gasteiger partial charge in [-0.25, -0.2) is 0 Å². The zero-order chi connectivity index (χ0) is 14.4. The van der Waals surface area contributed by atoms with Crippen LogP contribution in [0, 0.1) is 13.8 Å². The highest BCUT2D eigenvalue weighted by molar-refractivity contribution is 5.96. The van der Waals surface area contributed by atoms with E-state index in [-0.39, 0.29) is 18.4 Å². The first-order valence-electron chi connectivity index (χ1n) is 6.51. The number of nitrogens with zero attached hydrogens (tertiary/aromatic N) is 1. The maximum absolute atomic E-state index is 12.4. The summed E-state index contributed by atoms with van der Waals surface area (Å²) in [6.45, 7) is 8.04. The number of hydrogen-bond donors (Lipinski definition) is 0. The monoisotopic (exact) mass is 267 g/mol. The SMILES string of the molecule is CCCN(CC(=O)OCC)C(=O)c1cc(C)oc1C. The molecule has 1 aromatic heterocycles. The van der Waals surface area contributed by atoms with E-state index >= 15 is 0 Å². The third-order valence-corrected chi connectivity index (χ3v) is 2.68. The Morgan fingerprint density at radius 3 is 2.47 bits per heavy atom. The van der Waals surface area contributed by atoms with Gasteiger partial charge in [0.1, 0.15) is 18.1 Å². The second-order valence-electron chi connectivity index (χ2n) is 4.36. The molecular formula is C14H21NO4. The smallest absolute Gasteiger partial charge is 0.325 e. The van der Waals surface area contributed by atoms with Crippen LogP contribution in [0.3, 0.4) is 0 Å². The molecule has 106 valence electrons. The summed E-state index contributed by atoms with van der Waals surface area (Å²) >= 11 is 0. The first-order chi connectivity index (χ1) is 8.99. The molecule has 1 aromatic rings. The zero-order valence-corrected chi connectivity index (χ0v) is 12.0. The molecule has 0 radical (unpaired) electrons. The largest absolute Gasteiger partial charge is 0.466 e. The van der Waals surface area contributed by atoms with Gasteiger partial charge in [0, 0.05) is 6.54 Å². The van der Waals surface area contributed by atoms with Gasteiger partial charge in [0.15, 0.2) is 0 Å². The summed E-state index contributed by atoms with van der Waals surface area (Å²) in [5.41, 5.74) is 0.509. The van der Waals surface area contributed by atoms with Crippen LogP contribution in [-0.2, 0) is 9.53 Å². The molecule has 0 aliphatic rings. The van der Waals surface area contributed by atoms with Crippen molar-refractivity contribution in [3.8, 4) is 0 Å². The number of ether oxygens (including phenoxy) is 1. The van der Waals surface area contributed by atoms with Gasteiger partial charge in [-0.05, 0) is 33.3 Å². The standard InChI is InChI=1S/C14H21NO4/c1-5-7-15(9-13(16)18-6-2)14(17)12-8-10(3)19-11(12)4/h8H,5-7,9H2,1-4H3. The van der Waals surface area contributed by atoms with Gasteiger partial charge < -0.3 is 14.1 Å². The van der Waals surface area contributed by atoms with Gasteiger partial charge in [0.2, 0.25) is 0 Å². The molecule has 0 bridgehead atoms. The molecule has 0 aromatic carbocycles. The molecule has 1 rings (SSSR count). The Kier molecular flexibility index (Phi) is 5.60. The molecule has 0 N–H and O–H groups in total. The Morgan fingerprint density at radius 2 is 2.00 bits per heavy atom. The van der Waals surface area contributed by atoms with Gasteiger partial charge in [-0.2, -0.15) is 0 Å². The molecule has 0 atom stereocenters. The van der Waals surface area contributed by atoms with E-state index in [1.165, 1.54) is 4.90 Å². The second-order valence-corrected chi connectivity index (χ2v) is 4.36. The lowest BCUT2D eigenvalue weighted by atomic mass is 10.2. The summed E-state index contributed by atoms with van der Waals surface area (Å²) in [5, 5.41) is 0. The lowest BCUT2D eigenvalue weighted by Crippen LogP contribution is -2.37. The van der Waals surface area contributed by atoms with E-state index in [1.54, 1.807) is 26.8 Å². The molecule has 1 amide bonds. The van der Waals surface area contributed by atoms with Crippen LogP contribution in [-0.4, -0.2) is 36.5 Å². The second kappa shape index (κ2) is 6.97. The Labute approximate surface area is 113 Å². The number of amides is 1. The summed E-state index contributed by atoms with van der Waals surface area (Å²) in [7, 11) is 0. The van der Waals surface area contributed by atoms with E-state index in [0.717, 1.165) is 6.42 Å². The fourth-order valence-electron chi connectivity index (χ4n) is 1.90. The molecule has 5 heteroatoms. The number of rotatable bonds is 6. The van der Waals surface area contributed by atoms with Crippen molar-refractivity contribution in [1.29, 1.82) is 0 Å². The molecule has 19 heavy (non-hydrogen) atoms. The topological polar surface area (TPSA) is 59.8 Å². The van der Waals surface area contributed by atoms with Gasteiger partial charge in [0.05, 0.1) is 12.2 Å². The average Bonchev–Trinajstić information content (AvgIpc) is 2.67. The molecule has 1 heterocycles. The van der Waals surface area contributed by atoms with E-state index in [2.05, 4.69) is 0 Å². The number of carbonyl (C=O) groups is 2. The number of carbonyl (C=O) groups excluding carboxylic acids is 2. The Morgan fingerprint density at radius 1 is 1.32 bits per heavy atom. The van der Waals surface area contributed by atoms with E-state index in [4.69, 9.17) is 9.15 Å². The van der Waals surface area contributed by atoms with Crippen molar-refractivity contribution >= 4 is 11.9 Å². The Hall–Kier alpha value is -1.78. The van der Waals surface area contributed by atoms with Crippen LogP contribution in [0.25, 0.3) is 0 Å². The predicted octanol–water partition coefficient (Wildman–Crippen LogP) is 2.31. The summed E-state index contributed by atoms with van der Waals surface area (Å²) in [6.07, 6.45) is 0.779. The zero-order valence-electron chi connectivity index (χ0n) is 12.0. The third kappa shape index (κ3) is 4.12. The van der Waals surface area contributed by atoms with Crippen LogP contribution < -0.4 is 0 Å². The molecule has 0 saturated carbocycles. The number of esters is 1. The molecule has 0 unspecified atom stereocenters. The number of aryl methyl sites for hydroxylation is 2. The molecule has 0 spiro atoms. The van der Waals surface area contributed by atoms with E-state index in [9.17, 15) is 9.59 Å². The highest BCUT2D eigenvalue weighted by Crippen LogP contribution is 2.16. The predicted molar refractivity (Wildman–Crippen MR) is 71.0 cm³/mol. The van der Waals surface area contributed by atoms with E-state index in [1.807, 2.05) is 6.92 Å². The van der Waals surface area contributed by atoms with Crippen molar-refractivity contribution in [3.05, 3.63) is 23.2 Å². The van der Waals surface area contributed by atoms with Gasteiger partial charge in [-0.3, -0.25) is 9.59 Å². The lowest BCUT2D eigenvalue weighted by Gasteiger charge is -2.20. The molecule has 0 saturated heterocycles. The van der Waals surface area contributed by atoms with E-state index in [0.29, 0.717) is 30.2 Å². The van der Waals surface area contributed by atoms with Crippen molar-refractivity contribution < 1.29 is 18.7 Å². The maximum Gasteiger partial charge on any atom is 0.325 e. The summed E-state index contributed by atoms with van der Waals surface area (Å²) < 4.78 is 10.2. The highest BCUT2D eigenvalue weighted by atomic mass is 16.5. The molecule has 0 aliphatic carbocycles. The quantitative estimate of drug-likeness (QED) is 0.742. The minimum atomic E-state index is -0.387. The number of furan rings is 1. The molecule has 5 nitrogen and oxygen atoms in total. The first-order valence-corrected chi connectivity index (χ1v) is 6.51. The van der Waals surface area contributed by atoms with E-state index < -0.39 is 0 Å². The van der Waals surface area contributed by atoms with Gasteiger partial charge in [-0.15, -0.1) is 0 Å². The summed E-state index contributed by atoms with van der Waals surface area (Å²) in [6, 6.07) is 1.70. The maximum atomic E-state index is 12.4. The van der Waals surface area contributed by atoms with Crippen LogP contribution in [0.5, 0.6) is 0 Å². The first kappa shape index (κ1) is 15.3. The van der Waals surface area contributed by atoms with Crippen molar-refractivity contribution in [3.63, 3.8) is 0 Å². The Balaban J connectivity index is 2.83. The van der Waals surface area contributed by atoms with Crippen molar-refractivity contribution in [1.82, 2.24) is 4.90 Å². The van der Waals surface area contributed by atoms with Gasteiger partial charge in [-0.1, -0.05) is 6.92 Å². The summed E-state index contributed by atoms with van der Waals surface area (Å²) in [4.78, 5) is 25.4. The fraction of sp³-hybridized carbons (Fsp3) is 0.571. The van der Waals surface area contributed by atoms with Crippen molar-refractivity contribution in [2.45, 2.75) is 34.1 Å². The van der Waals surface area contributed by atoms with Crippen LogP contribution in [0.15, 0.2) is 10.5 Å². The fourth-order valence-corrected chi connectivity index (χ4v) is 1.90. The average molecular weight is 267 g/mol. The van der Waals surface area contributed by atoms with Crippen LogP contribution >= 0.6 is 0 Å². The summed E-state index contributed by atoms with van der Waals surface area (Å²) in [5.74, 6) is 0.687. The normalized spacial score (nSPS) is 10.3. The van der Waals surface area contributed by atoms with Crippen LogP contribution in [0.1, 0.15) is 42.1 Å². The minimum absolute atomic E-state index is 0.0236.